The number of rotatable bonds is 5. The van der Waals surface area contributed by atoms with Gasteiger partial charge in [0.1, 0.15) is 0 Å². The van der Waals surface area contributed by atoms with Gasteiger partial charge in [0, 0.05) is 35.3 Å². The van der Waals surface area contributed by atoms with Gasteiger partial charge in [0.05, 0.1) is 14.2 Å². The number of methoxy groups -OCH3 is 2. The normalized spacial score (nSPS) is 14.5. The number of amides is 2. The molecule has 3 rings (SSSR count). The molecule has 2 aromatic rings. The van der Waals surface area contributed by atoms with E-state index < -0.39 is 0 Å². The van der Waals surface area contributed by atoms with Gasteiger partial charge in [-0.1, -0.05) is 11.6 Å². The molecule has 0 bridgehead atoms. The van der Waals surface area contributed by atoms with Crippen LogP contribution >= 0.6 is 11.6 Å². The molecule has 0 unspecified atom stereocenters. The van der Waals surface area contributed by atoms with Crippen LogP contribution in [0.1, 0.15) is 33.6 Å². The highest BCUT2D eigenvalue weighted by molar-refractivity contribution is 6.30. The molecule has 1 fully saturated rings. The molecular weight excluding hydrogens is 380 g/mol. The third-order valence-corrected chi connectivity index (χ3v) is 5.11. The smallest absolute Gasteiger partial charge is 0.253 e. The van der Waals surface area contributed by atoms with Crippen LogP contribution in [0.2, 0.25) is 5.02 Å². The van der Waals surface area contributed by atoms with Crippen molar-refractivity contribution in [2.45, 2.75) is 18.9 Å². The highest BCUT2D eigenvalue weighted by Gasteiger charge is 2.25. The lowest BCUT2D eigenvalue weighted by atomic mass is 10.0. The van der Waals surface area contributed by atoms with Crippen molar-refractivity contribution >= 4 is 23.4 Å². The zero-order valence-corrected chi connectivity index (χ0v) is 16.7. The Morgan fingerprint density at radius 1 is 0.964 bits per heavy atom. The number of hydrogen-bond donors (Lipinski definition) is 1. The number of piperidine rings is 1. The quantitative estimate of drug-likeness (QED) is 0.832. The largest absolute Gasteiger partial charge is 0.493 e. The van der Waals surface area contributed by atoms with Crippen LogP contribution in [0.15, 0.2) is 42.5 Å². The second-order valence-corrected chi connectivity index (χ2v) is 7.05. The van der Waals surface area contributed by atoms with Crippen molar-refractivity contribution in [3.8, 4) is 11.5 Å². The minimum atomic E-state index is -0.124. The van der Waals surface area contributed by atoms with Gasteiger partial charge in [0.15, 0.2) is 11.5 Å². The van der Waals surface area contributed by atoms with Crippen molar-refractivity contribution < 1.29 is 19.1 Å². The molecule has 1 heterocycles. The van der Waals surface area contributed by atoms with E-state index in [1.807, 2.05) is 0 Å². The van der Waals surface area contributed by atoms with E-state index in [4.69, 9.17) is 21.1 Å². The average molecular weight is 403 g/mol. The number of hydrogen-bond acceptors (Lipinski definition) is 4. The van der Waals surface area contributed by atoms with Crippen LogP contribution in [0.4, 0.5) is 0 Å². The van der Waals surface area contributed by atoms with E-state index in [1.165, 1.54) is 0 Å². The highest BCUT2D eigenvalue weighted by atomic mass is 35.5. The molecule has 6 nitrogen and oxygen atoms in total. The molecule has 0 atom stereocenters. The van der Waals surface area contributed by atoms with Gasteiger partial charge < -0.3 is 19.7 Å². The molecule has 0 saturated carbocycles. The summed E-state index contributed by atoms with van der Waals surface area (Å²) in [6.45, 7) is 1.16. The molecule has 0 radical (unpaired) electrons. The Balaban J connectivity index is 1.57. The first-order chi connectivity index (χ1) is 13.5. The summed E-state index contributed by atoms with van der Waals surface area (Å²) in [5.74, 6) is 0.936. The third-order valence-electron chi connectivity index (χ3n) is 4.85. The van der Waals surface area contributed by atoms with Gasteiger partial charge in [-0.3, -0.25) is 9.59 Å². The maximum atomic E-state index is 12.8. The minimum Gasteiger partial charge on any atom is -0.493 e. The summed E-state index contributed by atoms with van der Waals surface area (Å²) in [6, 6.07) is 12.0. The number of nitrogens with zero attached hydrogens (tertiary/aromatic N) is 1. The number of likely N-dealkylation sites (tertiary alicyclic amines) is 1. The Morgan fingerprint density at radius 3 is 2.18 bits per heavy atom. The van der Waals surface area contributed by atoms with Crippen LogP contribution in [0.5, 0.6) is 11.5 Å². The lowest BCUT2D eigenvalue weighted by molar-refractivity contribution is 0.0697. The fraction of sp³-hybridized carbons (Fsp3) is 0.333. The van der Waals surface area contributed by atoms with Crippen molar-refractivity contribution in [2.75, 3.05) is 27.3 Å². The van der Waals surface area contributed by atoms with Gasteiger partial charge >= 0.3 is 0 Å². The van der Waals surface area contributed by atoms with Crippen LogP contribution in [-0.4, -0.2) is 50.1 Å². The van der Waals surface area contributed by atoms with Gasteiger partial charge in [-0.15, -0.1) is 0 Å². The second kappa shape index (κ2) is 8.97. The molecule has 1 N–H and O–H groups in total. The van der Waals surface area contributed by atoms with Crippen molar-refractivity contribution in [1.29, 1.82) is 0 Å². The van der Waals surface area contributed by atoms with Crippen LogP contribution in [0.3, 0.4) is 0 Å². The van der Waals surface area contributed by atoms with Gasteiger partial charge in [-0.2, -0.15) is 0 Å². The molecule has 2 aromatic carbocycles. The van der Waals surface area contributed by atoms with Gasteiger partial charge in [0.25, 0.3) is 11.8 Å². The number of carbonyl (C=O) groups is 2. The SMILES string of the molecule is COc1ccc(C(=O)N2CCC(NC(=O)c3ccc(Cl)cc3)CC2)cc1OC. The van der Waals surface area contributed by atoms with E-state index in [2.05, 4.69) is 5.32 Å². The third kappa shape index (κ3) is 4.57. The van der Waals surface area contributed by atoms with E-state index >= 15 is 0 Å². The standard InChI is InChI=1S/C21H23ClN2O4/c1-27-18-8-5-15(13-19(18)28-2)21(26)24-11-9-17(10-12-24)23-20(25)14-3-6-16(22)7-4-14/h3-8,13,17H,9-12H2,1-2H3,(H,23,25). The molecular formula is C21H23ClN2O4. The lowest BCUT2D eigenvalue weighted by Crippen LogP contribution is -2.46. The molecule has 28 heavy (non-hydrogen) atoms. The molecule has 148 valence electrons. The van der Waals surface area contributed by atoms with E-state index in [-0.39, 0.29) is 17.9 Å². The Kier molecular flexibility index (Phi) is 6.41. The number of carbonyl (C=O) groups excluding carboxylic acids is 2. The van der Waals surface area contributed by atoms with Crippen molar-refractivity contribution in [3.63, 3.8) is 0 Å². The highest BCUT2D eigenvalue weighted by Crippen LogP contribution is 2.28. The van der Waals surface area contributed by atoms with Crippen LogP contribution in [0.25, 0.3) is 0 Å². The summed E-state index contributed by atoms with van der Waals surface area (Å²) in [5.41, 5.74) is 1.13. The number of halogens is 1. The molecule has 1 aliphatic heterocycles. The van der Waals surface area contributed by atoms with E-state index in [1.54, 1.807) is 61.6 Å². The van der Waals surface area contributed by atoms with Gasteiger partial charge in [-0.05, 0) is 55.3 Å². The molecule has 0 aromatic heterocycles. The summed E-state index contributed by atoms with van der Waals surface area (Å²) in [5, 5.41) is 3.63. The summed E-state index contributed by atoms with van der Waals surface area (Å²) < 4.78 is 10.5. The summed E-state index contributed by atoms with van der Waals surface area (Å²) in [6.07, 6.45) is 1.41. The Morgan fingerprint density at radius 2 is 1.57 bits per heavy atom. The van der Waals surface area contributed by atoms with Crippen molar-refractivity contribution in [3.05, 3.63) is 58.6 Å². The monoisotopic (exact) mass is 402 g/mol. The number of benzene rings is 2. The second-order valence-electron chi connectivity index (χ2n) is 6.62. The molecule has 0 aliphatic carbocycles. The van der Waals surface area contributed by atoms with Gasteiger partial charge in [0.2, 0.25) is 0 Å². The summed E-state index contributed by atoms with van der Waals surface area (Å²) >= 11 is 5.86. The Labute approximate surface area is 169 Å². The van der Waals surface area contributed by atoms with Crippen molar-refractivity contribution in [1.82, 2.24) is 10.2 Å². The molecule has 1 saturated heterocycles. The predicted octanol–water partition coefficient (Wildman–Crippen LogP) is 3.39. The van der Waals surface area contributed by atoms with Crippen LogP contribution in [0, 0.1) is 0 Å². The molecule has 2 amide bonds. The fourth-order valence-corrected chi connectivity index (χ4v) is 3.37. The Hall–Kier alpha value is -2.73. The number of nitrogens with one attached hydrogen (secondary N) is 1. The Bertz CT molecular complexity index is 846. The molecule has 1 aliphatic rings. The maximum absolute atomic E-state index is 12.8. The lowest BCUT2D eigenvalue weighted by Gasteiger charge is -2.32. The first-order valence-electron chi connectivity index (χ1n) is 9.09. The van der Waals surface area contributed by atoms with Crippen LogP contribution < -0.4 is 14.8 Å². The van der Waals surface area contributed by atoms with E-state index in [0.717, 1.165) is 0 Å². The predicted molar refractivity (Wildman–Crippen MR) is 107 cm³/mol. The number of ether oxygens (including phenoxy) is 2. The summed E-state index contributed by atoms with van der Waals surface area (Å²) in [7, 11) is 3.10. The van der Waals surface area contributed by atoms with Gasteiger partial charge in [-0.25, -0.2) is 0 Å². The van der Waals surface area contributed by atoms with Crippen LogP contribution in [-0.2, 0) is 0 Å². The van der Waals surface area contributed by atoms with Crippen molar-refractivity contribution in [2.24, 2.45) is 0 Å². The minimum absolute atomic E-state index is 0.0395. The van der Waals surface area contributed by atoms with E-state index in [0.29, 0.717) is 53.6 Å². The topological polar surface area (TPSA) is 67.9 Å². The van der Waals surface area contributed by atoms with E-state index in [9.17, 15) is 9.59 Å². The zero-order chi connectivity index (χ0) is 20.1. The average Bonchev–Trinajstić information content (AvgIpc) is 2.73. The first kappa shape index (κ1) is 20.0. The first-order valence-corrected chi connectivity index (χ1v) is 9.47. The molecule has 7 heteroatoms. The summed E-state index contributed by atoms with van der Waals surface area (Å²) in [4.78, 5) is 26.9. The molecule has 0 spiro atoms. The maximum Gasteiger partial charge on any atom is 0.253 e. The fourth-order valence-electron chi connectivity index (χ4n) is 3.25. The zero-order valence-electron chi connectivity index (χ0n) is 15.9.